The number of carbonyl (C=O) groups is 1. The van der Waals surface area contributed by atoms with Crippen LogP contribution in [-0.2, 0) is 11.8 Å². The Labute approximate surface area is 209 Å². The second-order valence-electron chi connectivity index (χ2n) is 8.65. The zero-order valence-electron chi connectivity index (χ0n) is 19.9. The summed E-state index contributed by atoms with van der Waals surface area (Å²) in [4.78, 5) is 36.5. The van der Waals surface area contributed by atoms with Gasteiger partial charge in [-0.05, 0) is 37.1 Å². The highest BCUT2D eigenvalue weighted by Gasteiger charge is 2.27. The Bertz CT molecular complexity index is 1570. The summed E-state index contributed by atoms with van der Waals surface area (Å²) in [7, 11) is 1.77. The van der Waals surface area contributed by atoms with Crippen LogP contribution in [0, 0.1) is 11.6 Å². The number of aryl methyl sites for hydroxylation is 1. The molecule has 1 fully saturated rings. The molecular formula is C25H23F2N7O3. The second kappa shape index (κ2) is 9.80. The molecule has 4 heterocycles. The Kier molecular flexibility index (Phi) is 6.38. The Morgan fingerprint density at radius 2 is 2.08 bits per heavy atom. The number of anilines is 2. The van der Waals surface area contributed by atoms with Gasteiger partial charge in [0, 0.05) is 44.0 Å². The van der Waals surface area contributed by atoms with E-state index in [9.17, 15) is 18.4 Å². The van der Waals surface area contributed by atoms with E-state index in [1.54, 1.807) is 29.0 Å². The van der Waals surface area contributed by atoms with E-state index in [0.29, 0.717) is 42.2 Å². The number of amides is 1. The number of fused-ring (bicyclic) bond motifs is 1. The number of nitrogens with zero attached hydrogens (tertiary/aromatic N) is 6. The van der Waals surface area contributed by atoms with Gasteiger partial charge in [0.1, 0.15) is 11.5 Å². The lowest BCUT2D eigenvalue weighted by Gasteiger charge is -2.33. The molecule has 5 rings (SSSR count). The van der Waals surface area contributed by atoms with Gasteiger partial charge in [0.05, 0.1) is 17.9 Å². The standard InChI is InChI=1S/C25H23F2N7O3/c1-3-22(35)33-8-4-5-18(14-33)34-23-15(11-28-25(31-23)30-17-12-29-32(2)13-17)9-21(24(34)36)37-20-7-6-16(26)10-19(20)27/h3,6-7,9-13,18H,1,4-5,8,14H2,2H3,(H,28,30,31)/t18-/m0/s1. The van der Waals surface area contributed by atoms with Crippen molar-refractivity contribution in [2.24, 2.45) is 7.05 Å². The number of hydrogen-bond acceptors (Lipinski definition) is 7. The maximum Gasteiger partial charge on any atom is 0.295 e. The molecule has 37 heavy (non-hydrogen) atoms. The second-order valence-corrected chi connectivity index (χ2v) is 8.65. The van der Waals surface area contributed by atoms with Crippen LogP contribution in [0.3, 0.4) is 0 Å². The molecule has 10 nitrogen and oxygen atoms in total. The summed E-state index contributed by atoms with van der Waals surface area (Å²) in [6.45, 7) is 4.34. The third-order valence-electron chi connectivity index (χ3n) is 6.06. The minimum Gasteiger partial charge on any atom is -0.448 e. The lowest BCUT2D eigenvalue weighted by Crippen LogP contribution is -2.42. The van der Waals surface area contributed by atoms with E-state index in [2.05, 4.69) is 27.0 Å². The van der Waals surface area contributed by atoms with Crippen molar-refractivity contribution >= 4 is 28.6 Å². The zero-order valence-corrected chi connectivity index (χ0v) is 19.9. The van der Waals surface area contributed by atoms with Gasteiger partial charge in [-0.15, -0.1) is 0 Å². The topological polar surface area (TPSA) is 107 Å². The SMILES string of the molecule is C=CC(=O)N1CCC[C@H](n2c(=O)c(Oc3ccc(F)cc3F)cc3cnc(Nc4cnn(C)c4)nc32)C1. The van der Waals surface area contributed by atoms with E-state index in [4.69, 9.17) is 4.74 Å². The number of ether oxygens (including phenoxy) is 1. The first-order valence-electron chi connectivity index (χ1n) is 11.5. The minimum absolute atomic E-state index is 0.179. The van der Waals surface area contributed by atoms with Gasteiger partial charge in [0.2, 0.25) is 11.9 Å². The van der Waals surface area contributed by atoms with Crippen LogP contribution in [0.1, 0.15) is 18.9 Å². The van der Waals surface area contributed by atoms with Gasteiger partial charge >= 0.3 is 0 Å². The molecule has 190 valence electrons. The Balaban J connectivity index is 1.62. The van der Waals surface area contributed by atoms with Crippen LogP contribution in [0.4, 0.5) is 20.4 Å². The van der Waals surface area contributed by atoms with Crippen LogP contribution >= 0.6 is 0 Å². The molecular weight excluding hydrogens is 484 g/mol. The summed E-state index contributed by atoms with van der Waals surface area (Å²) in [6.07, 6.45) is 7.35. The van der Waals surface area contributed by atoms with E-state index in [-0.39, 0.29) is 29.9 Å². The number of pyridine rings is 1. The zero-order chi connectivity index (χ0) is 26.1. The maximum atomic E-state index is 14.3. The molecule has 0 saturated carbocycles. The first kappa shape index (κ1) is 24.1. The van der Waals surface area contributed by atoms with Crippen LogP contribution in [0.5, 0.6) is 11.5 Å². The van der Waals surface area contributed by atoms with Crippen LogP contribution in [0.25, 0.3) is 11.0 Å². The number of halogens is 2. The van der Waals surface area contributed by atoms with E-state index in [1.165, 1.54) is 22.9 Å². The predicted molar refractivity (Wildman–Crippen MR) is 132 cm³/mol. The highest BCUT2D eigenvalue weighted by Crippen LogP contribution is 2.29. The maximum absolute atomic E-state index is 14.3. The Hall–Kier alpha value is -4.61. The molecule has 12 heteroatoms. The summed E-state index contributed by atoms with van der Waals surface area (Å²) in [5, 5.41) is 7.62. The normalized spacial score (nSPS) is 15.5. The lowest BCUT2D eigenvalue weighted by atomic mass is 10.0. The Morgan fingerprint density at radius 3 is 2.81 bits per heavy atom. The number of nitrogens with one attached hydrogen (secondary N) is 1. The Morgan fingerprint density at radius 1 is 1.24 bits per heavy atom. The molecule has 3 aromatic heterocycles. The van der Waals surface area contributed by atoms with Gasteiger partial charge in [-0.1, -0.05) is 6.58 Å². The summed E-state index contributed by atoms with van der Waals surface area (Å²) in [5.41, 5.74) is 0.402. The highest BCUT2D eigenvalue weighted by molar-refractivity contribution is 5.87. The minimum atomic E-state index is -0.946. The molecule has 0 bridgehead atoms. The van der Waals surface area contributed by atoms with Crippen molar-refractivity contribution in [3.63, 3.8) is 0 Å². The van der Waals surface area contributed by atoms with Crippen LogP contribution in [0.2, 0.25) is 0 Å². The summed E-state index contributed by atoms with van der Waals surface area (Å²) in [5.74, 6) is -2.19. The molecule has 0 spiro atoms. The molecule has 1 aromatic carbocycles. The summed E-state index contributed by atoms with van der Waals surface area (Å²) >= 11 is 0. The molecule has 1 N–H and O–H groups in total. The van der Waals surface area contributed by atoms with Crippen LogP contribution in [0.15, 0.2) is 60.3 Å². The van der Waals surface area contributed by atoms with Gasteiger partial charge in [0.25, 0.3) is 5.56 Å². The van der Waals surface area contributed by atoms with Gasteiger partial charge in [0.15, 0.2) is 17.3 Å². The number of hydrogen-bond donors (Lipinski definition) is 1. The van der Waals surface area contributed by atoms with Gasteiger partial charge in [-0.25, -0.2) is 13.8 Å². The third kappa shape index (κ3) is 4.90. The number of piperidine rings is 1. The van der Waals surface area contributed by atoms with Crippen molar-refractivity contribution in [3.05, 3.63) is 77.5 Å². The molecule has 0 aliphatic carbocycles. The molecule has 4 aromatic rings. The van der Waals surface area contributed by atoms with Crippen LogP contribution < -0.4 is 15.6 Å². The van der Waals surface area contributed by atoms with Gasteiger partial charge in [-0.2, -0.15) is 10.1 Å². The van der Waals surface area contributed by atoms with Crippen molar-refractivity contribution < 1.29 is 18.3 Å². The largest absolute Gasteiger partial charge is 0.448 e. The molecule has 1 aliphatic heterocycles. The van der Waals surface area contributed by atoms with Crippen LogP contribution in [-0.4, -0.2) is 48.2 Å². The smallest absolute Gasteiger partial charge is 0.295 e. The van der Waals surface area contributed by atoms with Gasteiger partial charge in [-0.3, -0.25) is 18.8 Å². The monoisotopic (exact) mass is 507 g/mol. The number of rotatable bonds is 6. The molecule has 1 atom stereocenters. The van der Waals surface area contributed by atoms with E-state index in [0.717, 1.165) is 12.1 Å². The first-order chi connectivity index (χ1) is 17.8. The molecule has 1 saturated heterocycles. The number of aromatic nitrogens is 5. The van der Waals surface area contributed by atoms with Crippen molar-refractivity contribution in [2.75, 3.05) is 18.4 Å². The summed E-state index contributed by atoms with van der Waals surface area (Å²) < 4.78 is 36.4. The fraction of sp³-hybridized carbons (Fsp3) is 0.240. The van der Waals surface area contributed by atoms with E-state index < -0.39 is 23.2 Å². The van der Waals surface area contributed by atoms with Crippen molar-refractivity contribution in [2.45, 2.75) is 18.9 Å². The average Bonchev–Trinajstić information content (AvgIpc) is 3.30. The summed E-state index contributed by atoms with van der Waals surface area (Å²) in [6, 6.07) is 3.81. The third-order valence-corrected chi connectivity index (χ3v) is 6.06. The van der Waals surface area contributed by atoms with Crippen molar-refractivity contribution in [3.8, 4) is 11.5 Å². The quantitative estimate of drug-likeness (QED) is 0.397. The highest BCUT2D eigenvalue weighted by atomic mass is 19.1. The number of carbonyl (C=O) groups excluding carboxylic acids is 1. The van der Waals surface area contributed by atoms with Gasteiger partial charge < -0.3 is 15.0 Å². The average molecular weight is 508 g/mol. The predicted octanol–water partition coefficient (Wildman–Crippen LogP) is 3.69. The molecule has 1 aliphatic rings. The lowest BCUT2D eigenvalue weighted by molar-refractivity contribution is -0.127. The number of likely N-dealkylation sites (tertiary alicyclic amines) is 1. The van der Waals surface area contributed by atoms with E-state index >= 15 is 0 Å². The molecule has 0 radical (unpaired) electrons. The van der Waals surface area contributed by atoms with Crippen molar-refractivity contribution in [1.82, 2.24) is 29.2 Å². The fourth-order valence-corrected chi connectivity index (χ4v) is 4.35. The number of benzene rings is 1. The first-order valence-corrected chi connectivity index (χ1v) is 11.5. The molecule has 0 unspecified atom stereocenters. The van der Waals surface area contributed by atoms with Crippen molar-refractivity contribution in [1.29, 1.82) is 0 Å². The fourth-order valence-electron chi connectivity index (χ4n) is 4.35. The molecule has 1 amide bonds. The van der Waals surface area contributed by atoms with E-state index in [1.807, 2.05) is 0 Å².